The Bertz CT molecular complexity index is 416. The molecule has 1 N–H and O–H groups in total. The number of hydrogen-bond acceptors (Lipinski definition) is 2. The highest BCUT2D eigenvalue weighted by Gasteiger charge is 2.26. The molecule has 0 saturated carbocycles. The number of nitrogens with one attached hydrogen (secondary N) is 1. The first kappa shape index (κ1) is 14.9. The molecule has 0 amide bonds. The molecule has 0 aromatic heterocycles. The smallest absolute Gasteiger partial charge is 0.124 e. The summed E-state index contributed by atoms with van der Waals surface area (Å²) in [5.74, 6) is 0.446. The van der Waals surface area contributed by atoms with Crippen molar-refractivity contribution in [2.45, 2.75) is 39.4 Å². The van der Waals surface area contributed by atoms with Crippen LogP contribution in [0.4, 0.5) is 4.39 Å². The Morgan fingerprint density at radius 1 is 1.42 bits per heavy atom. The van der Waals surface area contributed by atoms with Gasteiger partial charge in [-0.2, -0.15) is 0 Å². The molecular weight excluding hydrogens is 307 g/mol. The van der Waals surface area contributed by atoms with E-state index >= 15 is 0 Å². The summed E-state index contributed by atoms with van der Waals surface area (Å²) in [6.45, 7) is 9.53. The Labute approximate surface area is 123 Å². The molecule has 106 valence electrons. The van der Waals surface area contributed by atoms with Gasteiger partial charge in [-0.3, -0.25) is 4.90 Å². The van der Waals surface area contributed by atoms with E-state index in [2.05, 4.69) is 46.9 Å². The molecule has 0 bridgehead atoms. The van der Waals surface area contributed by atoms with Crippen LogP contribution >= 0.6 is 15.9 Å². The molecule has 4 heteroatoms. The van der Waals surface area contributed by atoms with Crippen molar-refractivity contribution in [2.75, 3.05) is 13.1 Å². The quantitative estimate of drug-likeness (QED) is 0.914. The molecule has 2 unspecified atom stereocenters. The second kappa shape index (κ2) is 6.33. The molecule has 1 heterocycles. The van der Waals surface area contributed by atoms with Crippen LogP contribution in [0.5, 0.6) is 0 Å². The first-order chi connectivity index (χ1) is 8.95. The van der Waals surface area contributed by atoms with Crippen LogP contribution < -0.4 is 5.32 Å². The van der Waals surface area contributed by atoms with Crippen LogP contribution in [0, 0.1) is 11.7 Å². The third-order valence-corrected chi connectivity index (χ3v) is 4.30. The number of rotatable bonds is 3. The first-order valence-corrected chi connectivity index (χ1v) is 7.67. The van der Waals surface area contributed by atoms with E-state index in [9.17, 15) is 4.39 Å². The lowest BCUT2D eigenvalue weighted by Gasteiger charge is -2.40. The number of hydrogen-bond donors (Lipinski definition) is 1. The summed E-state index contributed by atoms with van der Waals surface area (Å²) in [6.07, 6.45) is 0. The van der Waals surface area contributed by atoms with Crippen molar-refractivity contribution in [2.24, 2.45) is 5.92 Å². The molecule has 1 aromatic carbocycles. The van der Waals surface area contributed by atoms with E-state index in [4.69, 9.17) is 0 Å². The van der Waals surface area contributed by atoms with Crippen molar-refractivity contribution in [3.05, 3.63) is 34.1 Å². The standard InChI is InChI=1S/C15H22BrFN2/c1-10(2)15-9-19(11(3)7-18-15)8-12-4-13(16)6-14(17)5-12/h4-6,10-11,15,18H,7-9H2,1-3H3. The lowest BCUT2D eigenvalue weighted by atomic mass is 9.99. The van der Waals surface area contributed by atoms with E-state index in [1.807, 2.05) is 6.07 Å². The van der Waals surface area contributed by atoms with Crippen LogP contribution in [0.3, 0.4) is 0 Å². The van der Waals surface area contributed by atoms with E-state index in [1.165, 1.54) is 6.07 Å². The molecule has 1 aromatic rings. The SMILES string of the molecule is CC(C)C1CN(Cc2cc(F)cc(Br)c2)C(C)CN1. The van der Waals surface area contributed by atoms with Crippen LogP contribution in [0.2, 0.25) is 0 Å². The maximum atomic E-state index is 13.4. The molecule has 0 spiro atoms. The predicted octanol–water partition coefficient (Wildman–Crippen LogP) is 3.41. The fraction of sp³-hybridized carbons (Fsp3) is 0.600. The molecule has 1 aliphatic heterocycles. The zero-order valence-electron chi connectivity index (χ0n) is 11.8. The number of halogens is 2. The van der Waals surface area contributed by atoms with Crippen LogP contribution in [0.1, 0.15) is 26.3 Å². The van der Waals surface area contributed by atoms with Crippen molar-refractivity contribution in [1.29, 1.82) is 0 Å². The molecule has 2 nitrogen and oxygen atoms in total. The Morgan fingerprint density at radius 3 is 2.79 bits per heavy atom. The van der Waals surface area contributed by atoms with E-state index < -0.39 is 0 Å². The van der Waals surface area contributed by atoms with Crippen molar-refractivity contribution >= 4 is 15.9 Å². The number of nitrogens with zero attached hydrogens (tertiary/aromatic N) is 1. The van der Waals surface area contributed by atoms with Gasteiger partial charge in [0.05, 0.1) is 0 Å². The van der Waals surface area contributed by atoms with E-state index in [1.54, 1.807) is 6.07 Å². The van der Waals surface area contributed by atoms with Gasteiger partial charge in [-0.15, -0.1) is 0 Å². The molecule has 19 heavy (non-hydrogen) atoms. The Morgan fingerprint density at radius 2 is 2.16 bits per heavy atom. The second-order valence-electron chi connectivity index (χ2n) is 5.81. The molecule has 1 aliphatic rings. The minimum absolute atomic E-state index is 0.174. The van der Waals surface area contributed by atoms with E-state index in [0.717, 1.165) is 29.7 Å². The van der Waals surface area contributed by atoms with Crippen molar-refractivity contribution in [3.63, 3.8) is 0 Å². The fourth-order valence-corrected chi connectivity index (χ4v) is 3.06. The molecule has 0 aliphatic carbocycles. The van der Waals surface area contributed by atoms with Gasteiger partial charge in [0.25, 0.3) is 0 Å². The van der Waals surface area contributed by atoms with Crippen LogP contribution in [-0.4, -0.2) is 30.1 Å². The summed E-state index contributed by atoms with van der Waals surface area (Å²) >= 11 is 3.36. The lowest BCUT2D eigenvalue weighted by Crippen LogP contribution is -2.56. The van der Waals surface area contributed by atoms with E-state index in [-0.39, 0.29) is 5.82 Å². The molecule has 2 atom stereocenters. The van der Waals surface area contributed by atoms with Gasteiger partial charge in [0.2, 0.25) is 0 Å². The van der Waals surface area contributed by atoms with Gasteiger partial charge in [0.1, 0.15) is 5.82 Å². The average molecular weight is 329 g/mol. The molecule has 0 radical (unpaired) electrons. The fourth-order valence-electron chi connectivity index (χ4n) is 2.55. The molecule has 2 rings (SSSR count). The minimum atomic E-state index is -0.174. The third kappa shape index (κ3) is 4.01. The van der Waals surface area contributed by atoms with Crippen LogP contribution in [0.25, 0.3) is 0 Å². The summed E-state index contributed by atoms with van der Waals surface area (Å²) in [6, 6.07) is 6.14. The molecule has 1 saturated heterocycles. The summed E-state index contributed by atoms with van der Waals surface area (Å²) in [5, 5.41) is 3.58. The Kier molecular flexibility index (Phi) is 4.98. The third-order valence-electron chi connectivity index (χ3n) is 3.84. The van der Waals surface area contributed by atoms with E-state index in [0.29, 0.717) is 18.0 Å². The normalized spacial score (nSPS) is 24.9. The van der Waals surface area contributed by atoms with Gasteiger partial charge in [0, 0.05) is 36.2 Å². The Hall–Kier alpha value is -0.450. The zero-order valence-corrected chi connectivity index (χ0v) is 13.4. The van der Waals surface area contributed by atoms with Crippen molar-refractivity contribution in [1.82, 2.24) is 10.2 Å². The second-order valence-corrected chi connectivity index (χ2v) is 6.73. The zero-order chi connectivity index (χ0) is 14.0. The van der Waals surface area contributed by atoms with Crippen LogP contribution in [0.15, 0.2) is 22.7 Å². The maximum Gasteiger partial charge on any atom is 0.124 e. The topological polar surface area (TPSA) is 15.3 Å². The predicted molar refractivity (Wildman–Crippen MR) is 80.6 cm³/mol. The summed E-state index contributed by atoms with van der Waals surface area (Å²) < 4.78 is 14.2. The highest BCUT2D eigenvalue weighted by Crippen LogP contribution is 2.19. The maximum absolute atomic E-state index is 13.4. The van der Waals surface area contributed by atoms with Gasteiger partial charge < -0.3 is 5.32 Å². The number of benzene rings is 1. The largest absolute Gasteiger partial charge is 0.311 e. The lowest BCUT2D eigenvalue weighted by molar-refractivity contribution is 0.116. The summed E-state index contributed by atoms with van der Waals surface area (Å²) in [5.41, 5.74) is 1.03. The van der Waals surface area contributed by atoms with Gasteiger partial charge in [-0.1, -0.05) is 29.8 Å². The highest BCUT2D eigenvalue weighted by molar-refractivity contribution is 9.10. The Balaban J connectivity index is 2.07. The molecule has 1 fully saturated rings. The van der Waals surface area contributed by atoms with Gasteiger partial charge in [-0.25, -0.2) is 4.39 Å². The van der Waals surface area contributed by atoms with Crippen molar-refractivity contribution < 1.29 is 4.39 Å². The van der Waals surface area contributed by atoms with Gasteiger partial charge in [-0.05, 0) is 36.6 Å². The van der Waals surface area contributed by atoms with Crippen molar-refractivity contribution in [3.8, 4) is 0 Å². The summed E-state index contributed by atoms with van der Waals surface area (Å²) in [7, 11) is 0. The summed E-state index contributed by atoms with van der Waals surface area (Å²) in [4.78, 5) is 2.43. The van der Waals surface area contributed by atoms with Gasteiger partial charge >= 0.3 is 0 Å². The first-order valence-electron chi connectivity index (χ1n) is 6.88. The molecular formula is C15H22BrFN2. The number of piperazine rings is 1. The van der Waals surface area contributed by atoms with Gasteiger partial charge in [0.15, 0.2) is 0 Å². The minimum Gasteiger partial charge on any atom is -0.311 e. The highest BCUT2D eigenvalue weighted by atomic mass is 79.9. The monoisotopic (exact) mass is 328 g/mol. The average Bonchev–Trinajstić information content (AvgIpc) is 2.30. The van der Waals surface area contributed by atoms with Crippen LogP contribution in [-0.2, 0) is 6.54 Å².